The van der Waals surface area contributed by atoms with Crippen LogP contribution in [0.1, 0.15) is 44.2 Å². The standard InChI is InChI=1S/C33H35FN8O6/c1-19(43)39-9-3-4-21(17-39)33(48)42-10-7-20(8-11-42)32-31-23(24-13-27-22(12-25(24)34)14-37-41(27)42)5-2-6-26(31)40(38-32)18-29(45)35-15-28(44)36-16-30(46)47/h2,5-6,12-14,20-21H,3-4,7-11,15-18H2,1H3,(H2-,35,36,44,45,46,47)/p+1. The number of hydrogen-bond acceptors (Lipinski definition) is 7. The average Bonchev–Trinajstić information content (AvgIpc) is 3.66. The van der Waals surface area contributed by atoms with Gasteiger partial charge in [-0.15, -0.1) is 9.69 Å². The zero-order valence-electron chi connectivity index (χ0n) is 26.4. The molecule has 0 aliphatic carbocycles. The van der Waals surface area contributed by atoms with Gasteiger partial charge in [-0.05, 0) is 36.6 Å². The number of nitrogens with zero attached hydrogens (tertiary/aromatic N) is 6. The fourth-order valence-electron chi connectivity index (χ4n) is 7.62. The molecule has 2 saturated heterocycles. The van der Waals surface area contributed by atoms with Gasteiger partial charge in [-0.3, -0.25) is 23.9 Å². The number of rotatable bonds is 7. The largest absolute Gasteiger partial charge is 0.480 e. The van der Waals surface area contributed by atoms with Gasteiger partial charge in [0.2, 0.25) is 17.7 Å². The molecule has 0 radical (unpaired) electrons. The van der Waals surface area contributed by atoms with Gasteiger partial charge < -0.3 is 20.6 Å². The zero-order chi connectivity index (χ0) is 33.7. The number of carboxylic acids is 1. The number of aliphatic carboxylic acids is 1. The number of fused-ring (bicyclic) bond motifs is 2. The first kappa shape index (κ1) is 31.4. The van der Waals surface area contributed by atoms with Crippen LogP contribution in [-0.4, -0.2) is 98.5 Å². The van der Waals surface area contributed by atoms with Crippen molar-refractivity contribution in [3.05, 3.63) is 48.0 Å². The van der Waals surface area contributed by atoms with Crippen LogP contribution >= 0.6 is 0 Å². The number of carbonyl (C=O) groups excluding carboxylic acids is 4. The lowest BCUT2D eigenvalue weighted by molar-refractivity contribution is -0.148. The molecule has 8 rings (SSSR count). The summed E-state index contributed by atoms with van der Waals surface area (Å²) in [5.74, 6) is -3.33. The van der Waals surface area contributed by atoms with E-state index in [4.69, 9.17) is 15.3 Å². The highest BCUT2D eigenvalue weighted by atomic mass is 19.1. The minimum absolute atomic E-state index is 0.00762. The maximum Gasteiger partial charge on any atom is 0.344 e. The summed E-state index contributed by atoms with van der Waals surface area (Å²) in [5, 5.41) is 24.4. The van der Waals surface area contributed by atoms with Gasteiger partial charge in [0.05, 0.1) is 29.9 Å². The topological polar surface area (TPSA) is 169 Å². The van der Waals surface area contributed by atoms with Crippen LogP contribution in [0.5, 0.6) is 0 Å². The Labute approximate surface area is 274 Å². The van der Waals surface area contributed by atoms with E-state index in [2.05, 4.69) is 10.6 Å². The Balaban J connectivity index is 1.29. The highest BCUT2D eigenvalue weighted by Gasteiger charge is 2.50. The molecule has 250 valence electrons. The van der Waals surface area contributed by atoms with Crippen molar-refractivity contribution in [2.75, 3.05) is 39.3 Å². The maximum absolute atomic E-state index is 16.0. The molecule has 4 amide bonds. The lowest BCUT2D eigenvalue weighted by Gasteiger charge is -2.42. The number of quaternary nitrogens is 1. The number of amides is 4. The number of carbonyl (C=O) groups is 5. The first-order chi connectivity index (χ1) is 23.1. The van der Waals surface area contributed by atoms with E-state index < -0.39 is 36.7 Å². The Morgan fingerprint density at radius 3 is 2.52 bits per heavy atom. The maximum atomic E-state index is 16.0. The smallest absolute Gasteiger partial charge is 0.344 e. The second-order valence-electron chi connectivity index (χ2n) is 12.9. The molecular formula is C33H36FN8O6+. The van der Waals surface area contributed by atoms with E-state index in [1.54, 1.807) is 32.7 Å². The third-order valence-electron chi connectivity index (χ3n) is 9.98. The molecule has 4 aliphatic rings. The van der Waals surface area contributed by atoms with E-state index in [1.807, 2.05) is 12.1 Å². The molecule has 6 heterocycles. The van der Waals surface area contributed by atoms with Crippen molar-refractivity contribution in [1.29, 1.82) is 0 Å². The summed E-state index contributed by atoms with van der Waals surface area (Å²) in [5.41, 5.74) is 2.89. The molecule has 0 saturated carbocycles. The predicted molar refractivity (Wildman–Crippen MR) is 171 cm³/mol. The molecule has 3 N–H and O–H groups in total. The Morgan fingerprint density at radius 1 is 1.00 bits per heavy atom. The monoisotopic (exact) mass is 659 g/mol. The van der Waals surface area contributed by atoms with E-state index in [0.717, 1.165) is 11.8 Å². The summed E-state index contributed by atoms with van der Waals surface area (Å²) in [6, 6.07) is 8.60. The Morgan fingerprint density at radius 2 is 1.77 bits per heavy atom. The first-order valence-electron chi connectivity index (χ1n) is 16.2. The average molecular weight is 660 g/mol. The van der Waals surface area contributed by atoms with E-state index in [9.17, 15) is 24.0 Å². The lowest BCUT2D eigenvalue weighted by Crippen LogP contribution is -2.68. The van der Waals surface area contributed by atoms with Crippen LogP contribution in [0.25, 0.3) is 32.9 Å². The SMILES string of the molecule is CC(=O)N1CCCC(C(=O)[N+]23CCC(CC2)c2nn(CC(=O)NCC(=O)NCC(=O)O)c4cccc(c24)-c2cc4c(cnn43)cc2F)C1. The van der Waals surface area contributed by atoms with Gasteiger partial charge in [0, 0.05) is 55.1 Å². The normalized spacial score (nSPS) is 21.7. The van der Waals surface area contributed by atoms with Crippen LogP contribution in [0.15, 0.2) is 36.5 Å². The number of benzene rings is 2. The minimum Gasteiger partial charge on any atom is -0.480 e. The molecule has 15 heteroatoms. The number of carboxylic acid groups (broad SMARTS) is 1. The van der Waals surface area contributed by atoms with Gasteiger partial charge in [-0.2, -0.15) is 5.10 Å². The number of nitrogens with one attached hydrogen (secondary N) is 2. The number of halogens is 1. The summed E-state index contributed by atoms with van der Waals surface area (Å²) < 4.78 is 17.4. The molecule has 2 aromatic heterocycles. The summed E-state index contributed by atoms with van der Waals surface area (Å²) in [7, 11) is 0. The van der Waals surface area contributed by atoms with Crippen LogP contribution in [0.2, 0.25) is 0 Å². The van der Waals surface area contributed by atoms with Crippen LogP contribution in [0, 0.1) is 11.7 Å². The second kappa shape index (κ2) is 12.1. The minimum atomic E-state index is -1.20. The van der Waals surface area contributed by atoms with E-state index in [-0.39, 0.29) is 34.8 Å². The van der Waals surface area contributed by atoms with Crippen LogP contribution < -0.4 is 15.2 Å². The fourth-order valence-corrected chi connectivity index (χ4v) is 7.62. The Hall–Kier alpha value is -5.18. The van der Waals surface area contributed by atoms with Crippen molar-refractivity contribution in [2.24, 2.45) is 5.92 Å². The van der Waals surface area contributed by atoms with Crippen molar-refractivity contribution in [2.45, 2.75) is 45.1 Å². The molecule has 48 heavy (non-hydrogen) atoms. The molecule has 4 aliphatic heterocycles. The molecule has 14 nitrogen and oxygen atoms in total. The quantitative estimate of drug-likeness (QED) is 0.252. The van der Waals surface area contributed by atoms with E-state index in [0.29, 0.717) is 78.7 Å². The van der Waals surface area contributed by atoms with Crippen LogP contribution in [-0.2, 0) is 30.5 Å². The second-order valence-corrected chi connectivity index (χ2v) is 12.9. The third kappa shape index (κ3) is 5.37. The summed E-state index contributed by atoms with van der Waals surface area (Å²) in [6.45, 7) is 2.17. The molecule has 1 unspecified atom stereocenters. The molecular weight excluding hydrogens is 623 g/mol. The van der Waals surface area contributed by atoms with Crippen molar-refractivity contribution in [1.82, 2.24) is 39.8 Å². The molecule has 0 spiro atoms. The number of hydrogen-bond donors (Lipinski definition) is 3. The molecule has 4 bridgehead atoms. The predicted octanol–water partition coefficient (Wildman–Crippen LogP) is 1.62. The third-order valence-corrected chi connectivity index (χ3v) is 9.98. The van der Waals surface area contributed by atoms with Crippen molar-refractivity contribution < 1.29 is 33.5 Å². The summed E-state index contributed by atoms with van der Waals surface area (Å²) in [4.78, 5) is 66.0. The lowest BCUT2D eigenvalue weighted by atomic mass is 9.87. The summed E-state index contributed by atoms with van der Waals surface area (Å²) >= 11 is 0. The number of likely N-dealkylation sites (tertiary alicyclic amines) is 1. The van der Waals surface area contributed by atoms with Crippen molar-refractivity contribution in [3.63, 3.8) is 0 Å². The summed E-state index contributed by atoms with van der Waals surface area (Å²) in [6.07, 6.45) is 4.15. The number of piperidine rings is 2. The van der Waals surface area contributed by atoms with Gasteiger partial charge in [0.25, 0.3) is 0 Å². The van der Waals surface area contributed by atoms with Crippen molar-refractivity contribution in [3.8, 4) is 11.1 Å². The van der Waals surface area contributed by atoms with Crippen LogP contribution in [0.3, 0.4) is 0 Å². The van der Waals surface area contributed by atoms with Gasteiger partial charge in [-0.25, -0.2) is 9.18 Å². The molecule has 2 fully saturated rings. The van der Waals surface area contributed by atoms with Gasteiger partial charge in [-0.1, -0.05) is 16.9 Å². The Kier molecular flexibility index (Phi) is 7.93. The number of aromatic nitrogens is 4. The zero-order valence-corrected chi connectivity index (χ0v) is 26.4. The highest BCUT2D eigenvalue weighted by Crippen LogP contribution is 2.42. The van der Waals surface area contributed by atoms with E-state index >= 15 is 4.39 Å². The highest BCUT2D eigenvalue weighted by molar-refractivity contribution is 6.00. The van der Waals surface area contributed by atoms with Gasteiger partial charge in [0.15, 0.2) is 0 Å². The fraction of sp³-hybridized carbons (Fsp3) is 0.424. The molecule has 2 aromatic carbocycles. The Bertz CT molecular complexity index is 1990. The van der Waals surface area contributed by atoms with Crippen LogP contribution in [0.4, 0.5) is 4.39 Å². The first-order valence-corrected chi connectivity index (χ1v) is 16.2. The van der Waals surface area contributed by atoms with Gasteiger partial charge >= 0.3 is 11.9 Å². The van der Waals surface area contributed by atoms with E-state index in [1.165, 1.54) is 13.0 Å². The van der Waals surface area contributed by atoms with Crippen molar-refractivity contribution >= 4 is 51.4 Å². The molecule has 1 atom stereocenters. The molecule has 4 aromatic rings. The van der Waals surface area contributed by atoms with Gasteiger partial charge in [0.1, 0.15) is 37.5 Å².